The van der Waals surface area contributed by atoms with Crippen molar-refractivity contribution in [1.29, 1.82) is 0 Å². The summed E-state index contributed by atoms with van der Waals surface area (Å²) >= 11 is 1.27. The number of carbonyl (C=O) groups excluding carboxylic acids is 2. The normalized spacial score (nSPS) is 10.3. The predicted molar refractivity (Wildman–Crippen MR) is 104 cm³/mol. The fourth-order valence-electron chi connectivity index (χ4n) is 2.27. The van der Waals surface area contributed by atoms with Crippen LogP contribution >= 0.6 is 11.3 Å². The summed E-state index contributed by atoms with van der Waals surface area (Å²) in [6.45, 7) is 2.29. The Morgan fingerprint density at radius 3 is 2.48 bits per heavy atom. The molecule has 0 radical (unpaired) electrons. The smallest absolute Gasteiger partial charge is 0.251 e. The summed E-state index contributed by atoms with van der Waals surface area (Å²) in [4.78, 5) is 24.1. The molecule has 0 unspecified atom stereocenters. The number of rotatable bonds is 7. The standard InChI is InChI=1S/C19H18N4O3S/c1-2-26-15-10-8-13(9-11-15)17(25)20-12-16(24)21-19-23-22-18(27-19)14-6-4-3-5-7-14/h3-11H,2,12H2,1H3,(H,20,25)(H,21,23,24). The average molecular weight is 382 g/mol. The van der Waals surface area contributed by atoms with Crippen molar-refractivity contribution in [2.75, 3.05) is 18.5 Å². The first-order valence-electron chi connectivity index (χ1n) is 8.35. The second-order valence-corrected chi connectivity index (χ2v) is 6.44. The summed E-state index contributed by atoms with van der Waals surface area (Å²) in [5.41, 5.74) is 1.38. The number of nitrogens with one attached hydrogen (secondary N) is 2. The van der Waals surface area contributed by atoms with Crippen molar-refractivity contribution in [3.8, 4) is 16.3 Å². The van der Waals surface area contributed by atoms with Crippen molar-refractivity contribution in [3.63, 3.8) is 0 Å². The van der Waals surface area contributed by atoms with Crippen molar-refractivity contribution < 1.29 is 14.3 Å². The van der Waals surface area contributed by atoms with Crippen LogP contribution in [0.5, 0.6) is 5.75 Å². The van der Waals surface area contributed by atoms with E-state index in [4.69, 9.17) is 4.74 Å². The largest absolute Gasteiger partial charge is 0.494 e. The zero-order valence-corrected chi connectivity index (χ0v) is 15.5. The highest BCUT2D eigenvalue weighted by molar-refractivity contribution is 7.18. The molecule has 0 saturated carbocycles. The van der Waals surface area contributed by atoms with Crippen LogP contribution in [-0.2, 0) is 4.79 Å². The molecule has 0 atom stereocenters. The van der Waals surface area contributed by atoms with Crippen LogP contribution in [0.25, 0.3) is 10.6 Å². The van der Waals surface area contributed by atoms with Gasteiger partial charge < -0.3 is 10.1 Å². The number of anilines is 1. The fraction of sp³-hybridized carbons (Fsp3) is 0.158. The minimum Gasteiger partial charge on any atom is -0.494 e. The first-order valence-corrected chi connectivity index (χ1v) is 9.17. The minimum atomic E-state index is -0.370. The number of benzene rings is 2. The van der Waals surface area contributed by atoms with Gasteiger partial charge in [-0.1, -0.05) is 41.7 Å². The summed E-state index contributed by atoms with van der Waals surface area (Å²) in [7, 11) is 0. The zero-order valence-electron chi connectivity index (χ0n) is 14.6. The molecular weight excluding hydrogens is 364 g/mol. The molecule has 0 fully saturated rings. The molecule has 1 heterocycles. The summed E-state index contributed by atoms with van der Waals surface area (Å²) in [6, 6.07) is 16.3. The SMILES string of the molecule is CCOc1ccc(C(=O)NCC(=O)Nc2nnc(-c3ccccc3)s2)cc1. The van der Waals surface area contributed by atoms with Gasteiger partial charge in [0.1, 0.15) is 10.8 Å². The van der Waals surface area contributed by atoms with Gasteiger partial charge in [0.2, 0.25) is 11.0 Å². The molecular formula is C19H18N4O3S. The summed E-state index contributed by atoms with van der Waals surface area (Å²) in [5, 5.41) is 14.3. The lowest BCUT2D eigenvalue weighted by Gasteiger charge is -2.06. The van der Waals surface area contributed by atoms with E-state index in [0.29, 0.717) is 28.1 Å². The molecule has 3 rings (SSSR count). The van der Waals surface area contributed by atoms with E-state index < -0.39 is 0 Å². The van der Waals surface area contributed by atoms with E-state index in [0.717, 1.165) is 5.56 Å². The molecule has 2 N–H and O–H groups in total. The molecule has 7 nitrogen and oxygen atoms in total. The molecule has 0 aliphatic heterocycles. The van der Waals surface area contributed by atoms with Gasteiger partial charge in [0.25, 0.3) is 5.91 Å². The van der Waals surface area contributed by atoms with Gasteiger partial charge in [-0.25, -0.2) is 0 Å². The maximum absolute atomic E-state index is 12.1. The molecule has 0 bridgehead atoms. The fourth-order valence-corrected chi connectivity index (χ4v) is 3.03. The van der Waals surface area contributed by atoms with Gasteiger partial charge in [0.05, 0.1) is 13.2 Å². The quantitative estimate of drug-likeness (QED) is 0.655. The number of carbonyl (C=O) groups is 2. The third-order valence-corrected chi connectivity index (χ3v) is 4.42. The van der Waals surface area contributed by atoms with E-state index in [1.807, 2.05) is 37.3 Å². The lowest BCUT2D eigenvalue weighted by molar-refractivity contribution is -0.115. The van der Waals surface area contributed by atoms with Crippen molar-refractivity contribution in [2.45, 2.75) is 6.92 Å². The second-order valence-electron chi connectivity index (χ2n) is 5.47. The zero-order chi connectivity index (χ0) is 19.1. The third-order valence-electron chi connectivity index (χ3n) is 3.53. The molecule has 0 spiro atoms. The molecule has 3 aromatic rings. The number of nitrogens with zero attached hydrogens (tertiary/aromatic N) is 2. The molecule has 2 aromatic carbocycles. The van der Waals surface area contributed by atoms with E-state index >= 15 is 0 Å². The van der Waals surface area contributed by atoms with Crippen molar-refractivity contribution >= 4 is 28.3 Å². The van der Waals surface area contributed by atoms with E-state index in [2.05, 4.69) is 20.8 Å². The maximum atomic E-state index is 12.1. The van der Waals surface area contributed by atoms with Gasteiger partial charge in [0, 0.05) is 11.1 Å². The number of amides is 2. The molecule has 2 amide bonds. The first kappa shape index (κ1) is 18.5. The molecule has 8 heteroatoms. The van der Waals surface area contributed by atoms with Crippen LogP contribution < -0.4 is 15.4 Å². The molecule has 0 aliphatic carbocycles. The molecule has 27 heavy (non-hydrogen) atoms. The Kier molecular flexibility index (Phi) is 6.11. The Morgan fingerprint density at radius 2 is 1.78 bits per heavy atom. The predicted octanol–water partition coefficient (Wildman–Crippen LogP) is 2.97. The monoisotopic (exact) mass is 382 g/mol. The summed E-state index contributed by atoms with van der Waals surface area (Å²) < 4.78 is 5.33. The van der Waals surface area contributed by atoms with E-state index in [9.17, 15) is 9.59 Å². The van der Waals surface area contributed by atoms with Gasteiger partial charge >= 0.3 is 0 Å². The van der Waals surface area contributed by atoms with E-state index in [1.54, 1.807) is 24.3 Å². The molecule has 1 aromatic heterocycles. The van der Waals surface area contributed by atoms with Crippen LogP contribution in [0, 0.1) is 0 Å². The lowest BCUT2D eigenvalue weighted by Crippen LogP contribution is -2.32. The number of ether oxygens (including phenoxy) is 1. The number of aromatic nitrogens is 2. The van der Waals surface area contributed by atoms with Gasteiger partial charge in [-0.05, 0) is 31.2 Å². The lowest BCUT2D eigenvalue weighted by atomic mass is 10.2. The Hall–Kier alpha value is -3.26. The molecule has 0 saturated heterocycles. The van der Waals surface area contributed by atoms with Crippen LogP contribution in [0.3, 0.4) is 0 Å². The van der Waals surface area contributed by atoms with Crippen LogP contribution in [0.2, 0.25) is 0 Å². The van der Waals surface area contributed by atoms with Crippen molar-refractivity contribution in [1.82, 2.24) is 15.5 Å². The Labute approximate surface area is 160 Å². The van der Waals surface area contributed by atoms with Gasteiger partial charge in [-0.15, -0.1) is 10.2 Å². The van der Waals surface area contributed by atoms with Crippen LogP contribution in [0.1, 0.15) is 17.3 Å². The van der Waals surface area contributed by atoms with Gasteiger partial charge in [-0.3, -0.25) is 14.9 Å². The van der Waals surface area contributed by atoms with E-state index in [1.165, 1.54) is 11.3 Å². The highest BCUT2D eigenvalue weighted by atomic mass is 32.1. The Morgan fingerprint density at radius 1 is 1.04 bits per heavy atom. The van der Waals surface area contributed by atoms with Crippen molar-refractivity contribution in [2.24, 2.45) is 0 Å². The number of hydrogen-bond acceptors (Lipinski definition) is 6. The highest BCUT2D eigenvalue weighted by Gasteiger charge is 2.11. The van der Waals surface area contributed by atoms with E-state index in [-0.39, 0.29) is 18.4 Å². The average Bonchev–Trinajstić information content (AvgIpc) is 3.16. The summed E-state index contributed by atoms with van der Waals surface area (Å²) in [5.74, 6) is -0.0160. The number of hydrogen-bond donors (Lipinski definition) is 2. The topological polar surface area (TPSA) is 93.2 Å². The first-order chi connectivity index (χ1) is 13.2. The van der Waals surface area contributed by atoms with Crippen LogP contribution in [-0.4, -0.2) is 35.2 Å². The van der Waals surface area contributed by atoms with Crippen LogP contribution in [0.4, 0.5) is 5.13 Å². The van der Waals surface area contributed by atoms with Crippen molar-refractivity contribution in [3.05, 3.63) is 60.2 Å². The molecule has 0 aliphatic rings. The molecule has 138 valence electrons. The third kappa shape index (κ3) is 5.11. The van der Waals surface area contributed by atoms with Gasteiger partial charge in [0.15, 0.2) is 0 Å². The highest BCUT2D eigenvalue weighted by Crippen LogP contribution is 2.25. The van der Waals surface area contributed by atoms with Crippen LogP contribution in [0.15, 0.2) is 54.6 Å². The second kappa shape index (κ2) is 8.91. The minimum absolute atomic E-state index is 0.160. The van der Waals surface area contributed by atoms with Gasteiger partial charge in [-0.2, -0.15) is 0 Å². The summed E-state index contributed by atoms with van der Waals surface area (Å²) in [6.07, 6.45) is 0. The maximum Gasteiger partial charge on any atom is 0.251 e. The Bertz CT molecular complexity index is 910. The Balaban J connectivity index is 1.51.